The van der Waals surface area contributed by atoms with Crippen LogP contribution in [0.2, 0.25) is 0 Å². The number of nitrogens with zero attached hydrogens (tertiary/aromatic N) is 1. The zero-order valence-electron chi connectivity index (χ0n) is 20.3. The van der Waals surface area contributed by atoms with Gasteiger partial charge in [0.05, 0.1) is 25.3 Å². The second-order valence-electron chi connectivity index (χ2n) is 9.16. The molecule has 1 aliphatic heterocycles. The van der Waals surface area contributed by atoms with Gasteiger partial charge in [-0.15, -0.1) is 0 Å². The second kappa shape index (κ2) is 9.69. The summed E-state index contributed by atoms with van der Waals surface area (Å²) in [7, 11) is 1.60. The Kier molecular flexibility index (Phi) is 7.15. The van der Waals surface area contributed by atoms with Crippen LogP contribution >= 0.6 is 0 Å². The fourth-order valence-corrected chi connectivity index (χ4v) is 4.21. The Morgan fingerprint density at radius 3 is 2.27 bits per heavy atom. The standard InChI is InChI=1S/C27H33NO5/c1-7-15-28-23(17-9-12-19(13-10-17)33-8-2)22(25(30)26(28)31)24(29)18-11-14-21(32-6)20(16-18)27(3,4)5/h9-14,16,23,29H,7-8,15H2,1-6H3/b24-22-. The largest absolute Gasteiger partial charge is 0.507 e. The normalized spacial score (nSPS) is 18.0. The van der Waals surface area contributed by atoms with Crippen LogP contribution in [0.5, 0.6) is 11.5 Å². The molecule has 2 aromatic rings. The highest BCUT2D eigenvalue weighted by molar-refractivity contribution is 6.46. The zero-order chi connectivity index (χ0) is 24.3. The van der Waals surface area contributed by atoms with Crippen LogP contribution in [0.4, 0.5) is 0 Å². The number of rotatable bonds is 7. The van der Waals surface area contributed by atoms with E-state index in [9.17, 15) is 14.7 Å². The van der Waals surface area contributed by atoms with Gasteiger partial charge in [-0.05, 0) is 54.7 Å². The predicted molar refractivity (Wildman–Crippen MR) is 129 cm³/mol. The van der Waals surface area contributed by atoms with E-state index in [0.717, 1.165) is 11.1 Å². The molecule has 6 nitrogen and oxygen atoms in total. The fraction of sp³-hybridized carbons (Fsp3) is 0.407. The maximum absolute atomic E-state index is 13.1. The van der Waals surface area contributed by atoms with E-state index in [-0.39, 0.29) is 16.7 Å². The van der Waals surface area contributed by atoms with Gasteiger partial charge < -0.3 is 19.5 Å². The highest BCUT2D eigenvalue weighted by Gasteiger charge is 2.45. The Bertz CT molecular complexity index is 1060. The molecule has 0 spiro atoms. The molecule has 0 bridgehead atoms. The van der Waals surface area contributed by atoms with Crippen LogP contribution in [0.15, 0.2) is 48.0 Å². The summed E-state index contributed by atoms with van der Waals surface area (Å²) in [5.41, 5.74) is 1.98. The number of aliphatic hydroxyl groups excluding tert-OH is 1. The Morgan fingerprint density at radius 1 is 1.06 bits per heavy atom. The van der Waals surface area contributed by atoms with Crippen LogP contribution < -0.4 is 9.47 Å². The molecule has 1 fully saturated rings. The molecule has 176 valence electrons. The third-order valence-corrected chi connectivity index (χ3v) is 5.79. The van der Waals surface area contributed by atoms with Crippen LogP contribution in [-0.4, -0.2) is 42.0 Å². The SMILES string of the molecule is CCCN1C(=O)C(=O)/C(=C(\O)c2ccc(OC)c(C(C)(C)C)c2)C1c1ccc(OCC)cc1. The molecule has 1 unspecified atom stereocenters. The molecule has 1 aliphatic rings. The highest BCUT2D eigenvalue weighted by atomic mass is 16.5. The van der Waals surface area contributed by atoms with Crippen molar-refractivity contribution in [1.82, 2.24) is 4.90 Å². The first-order chi connectivity index (χ1) is 15.6. The van der Waals surface area contributed by atoms with Crippen molar-refractivity contribution < 1.29 is 24.2 Å². The van der Waals surface area contributed by atoms with Gasteiger partial charge in [0.1, 0.15) is 17.3 Å². The van der Waals surface area contributed by atoms with Crippen LogP contribution in [0.25, 0.3) is 5.76 Å². The molecule has 0 radical (unpaired) electrons. The van der Waals surface area contributed by atoms with Crippen LogP contribution in [-0.2, 0) is 15.0 Å². The molecule has 33 heavy (non-hydrogen) atoms. The van der Waals surface area contributed by atoms with E-state index in [1.165, 1.54) is 4.90 Å². The van der Waals surface area contributed by atoms with E-state index in [1.54, 1.807) is 19.2 Å². The molecule has 1 N–H and O–H groups in total. The lowest BCUT2D eigenvalue weighted by atomic mass is 9.84. The average Bonchev–Trinajstić information content (AvgIpc) is 3.03. The molecule has 0 aromatic heterocycles. The van der Waals surface area contributed by atoms with Crippen molar-refractivity contribution in [3.05, 3.63) is 64.7 Å². The molecule has 1 amide bonds. The molecule has 0 aliphatic carbocycles. The van der Waals surface area contributed by atoms with Crippen molar-refractivity contribution in [2.24, 2.45) is 0 Å². The van der Waals surface area contributed by atoms with E-state index in [2.05, 4.69) is 20.8 Å². The summed E-state index contributed by atoms with van der Waals surface area (Å²) in [6, 6.07) is 12.0. The van der Waals surface area contributed by atoms with Gasteiger partial charge in [-0.2, -0.15) is 0 Å². The molecular weight excluding hydrogens is 418 g/mol. The first-order valence-corrected chi connectivity index (χ1v) is 11.3. The number of aliphatic hydroxyl groups is 1. The number of ketones is 1. The number of carbonyl (C=O) groups excluding carboxylic acids is 2. The smallest absolute Gasteiger partial charge is 0.295 e. The maximum atomic E-state index is 13.1. The van der Waals surface area contributed by atoms with Gasteiger partial charge in [0.25, 0.3) is 11.7 Å². The number of hydrogen-bond donors (Lipinski definition) is 1. The Morgan fingerprint density at radius 2 is 1.73 bits per heavy atom. The van der Waals surface area contributed by atoms with Gasteiger partial charge in [0.2, 0.25) is 0 Å². The highest BCUT2D eigenvalue weighted by Crippen LogP contribution is 2.41. The minimum Gasteiger partial charge on any atom is -0.507 e. The van der Waals surface area contributed by atoms with Gasteiger partial charge in [-0.1, -0.05) is 39.8 Å². The van der Waals surface area contributed by atoms with Gasteiger partial charge in [0, 0.05) is 17.7 Å². The van der Waals surface area contributed by atoms with Crippen molar-refractivity contribution in [3.63, 3.8) is 0 Å². The molecule has 0 saturated carbocycles. The van der Waals surface area contributed by atoms with Crippen molar-refractivity contribution in [1.29, 1.82) is 0 Å². The first-order valence-electron chi connectivity index (χ1n) is 11.3. The number of hydrogen-bond acceptors (Lipinski definition) is 5. The van der Waals surface area contributed by atoms with Crippen molar-refractivity contribution >= 4 is 17.4 Å². The number of likely N-dealkylation sites (tertiary alicyclic amines) is 1. The number of methoxy groups -OCH3 is 1. The summed E-state index contributed by atoms with van der Waals surface area (Å²) in [4.78, 5) is 27.6. The lowest BCUT2D eigenvalue weighted by molar-refractivity contribution is -0.139. The first kappa shape index (κ1) is 24.4. The summed E-state index contributed by atoms with van der Waals surface area (Å²) < 4.78 is 11.0. The number of Topliss-reactive ketones (excluding diaryl/α,β-unsaturated/α-hetero) is 1. The topological polar surface area (TPSA) is 76.1 Å². The number of amides is 1. The maximum Gasteiger partial charge on any atom is 0.295 e. The van der Waals surface area contributed by atoms with E-state index in [1.807, 2.05) is 44.2 Å². The second-order valence-corrected chi connectivity index (χ2v) is 9.16. The minimum absolute atomic E-state index is 0.0997. The molecular formula is C27H33NO5. The fourth-order valence-electron chi connectivity index (χ4n) is 4.21. The molecule has 3 rings (SSSR count). The number of benzene rings is 2. The summed E-state index contributed by atoms with van der Waals surface area (Å²) in [6.07, 6.45) is 0.692. The zero-order valence-corrected chi connectivity index (χ0v) is 20.3. The summed E-state index contributed by atoms with van der Waals surface area (Å²) in [6.45, 7) is 11.0. The van der Waals surface area contributed by atoms with E-state index in [0.29, 0.717) is 36.6 Å². The molecule has 6 heteroatoms. The van der Waals surface area contributed by atoms with Crippen molar-refractivity contribution in [3.8, 4) is 11.5 Å². The molecule has 1 saturated heterocycles. The molecule has 2 aromatic carbocycles. The van der Waals surface area contributed by atoms with Gasteiger partial charge >= 0.3 is 0 Å². The lowest BCUT2D eigenvalue weighted by Crippen LogP contribution is -2.30. The van der Waals surface area contributed by atoms with E-state index in [4.69, 9.17) is 9.47 Å². The summed E-state index contributed by atoms with van der Waals surface area (Å²) >= 11 is 0. The van der Waals surface area contributed by atoms with Crippen LogP contribution in [0.3, 0.4) is 0 Å². The third kappa shape index (κ3) is 4.75. The average molecular weight is 452 g/mol. The molecule has 1 heterocycles. The molecule has 1 atom stereocenters. The van der Waals surface area contributed by atoms with Crippen LogP contribution in [0.1, 0.15) is 63.8 Å². The van der Waals surface area contributed by atoms with Crippen molar-refractivity contribution in [2.75, 3.05) is 20.3 Å². The van der Waals surface area contributed by atoms with E-state index < -0.39 is 17.7 Å². The Balaban J connectivity index is 2.18. The lowest BCUT2D eigenvalue weighted by Gasteiger charge is -2.25. The van der Waals surface area contributed by atoms with Crippen LogP contribution in [0, 0.1) is 0 Å². The van der Waals surface area contributed by atoms with Gasteiger partial charge in [-0.3, -0.25) is 9.59 Å². The van der Waals surface area contributed by atoms with Gasteiger partial charge in [0.15, 0.2) is 0 Å². The summed E-state index contributed by atoms with van der Waals surface area (Å²) in [5.74, 6) is -0.0407. The Labute approximate surface area is 195 Å². The van der Waals surface area contributed by atoms with E-state index >= 15 is 0 Å². The minimum atomic E-state index is -0.673. The number of carbonyl (C=O) groups is 2. The monoisotopic (exact) mass is 451 g/mol. The predicted octanol–water partition coefficient (Wildman–Crippen LogP) is 5.22. The van der Waals surface area contributed by atoms with Crippen molar-refractivity contribution in [2.45, 2.75) is 52.5 Å². The quantitative estimate of drug-likeness (QED) is 0.355. The van der Waals surface area contributed by atoms with Gasteiger partial charge in [-0.25, -0.2) is 0 Å². The summed E-state index contributed by atoms with van der Waals surface area (Å²) in [5, 5.41) is 11.3. The third-order valence-electron chi connectivity index (χ3n) is 5.79. The Hall–Kier alpha value is -3.28. The number of ether oxygens (including phenoxy) is 2.